The minimum atomic E-state index is -4.39. The van der Waals surface area contributed by atoms with Crippen molar-refractivity contribution < 1.29 is 32.3 Å². The van der Waals surface area contributed by atoms with E-state index in [-0.39, 0.29) is 12.1 Å². The molecule has 0 aliphatic heterocycles. The van der Waals surface area contributed by atoms with Gasteiger partial charge in [-0.3, -0.25) is 13.9 Å². The van der Waals surface area contributed by atoms with Crippen LogP contribution in [0.25, 0.3) is 0 Å². The lowest BCUT2D eigenvalue weighted by atomic mass is 10.1. The Labute approximate surface area is 106 Å². The van der Waals surface area contributed by atoms with Gasteiger partial charge in [0, 0.05) is 12.3 Å². The van der Waals surface area contributed by atoms with Crippen LogP contribution in [0.4, 0.5) is 0 Å². The van der Waals surface area contributed by atoms with Crippen LogP contribution in [0.3, 0.4) is 0 Å². The summed E-state index contributed by atoms with van der Waals surface area (Å²) >= 11 is 0. The van der Waals surface area contributed by atoms with Crippen LogP contribution < -0.4 is 0 Å². The molecule has 0 aromatic rings. The highest BCUT2D eigenvalue weighted by Crippen LogP contribution is 2.45. The van der Waals surface area contributed by atoms with Gasteiger partial charge in [-0.05, 0) is 12.3 Å². The average molecular weight is 301 g/mol. The number of rotatable bonds is 8. The Bertz CT molecular complexity index is 428. The Morgan fingerprint density at radius 3 is 2.17 bits per heavy atom. The first-order valence-corrected chi connectivity index (χ1v) is 8.80. The molecule has 0 aliphatic carbocycles. The standard InChI is InChI=1S/C9H18O7PS/c1-7(2)5-17(12,13)6-8(9(10)11)3-4-18(14,15)16/h4,7-8H,3,5-6H2,1-2H3,(H,10,11)(H,12,13)(H,14,15,16). The van der Waals surface area contributed by atoms with Gasteiger partial charge in [0.1, 0.15) is 5.75 Å². The molecule has 3 N–H and O–H groups in total. The molecule has 0 heterocycles. The van der Waals surface area contributed by atoms with E-state index in [4.69, 9.17) is 9.66 Å². The molecule has 0 saturated heterocycles. The van der Waals surface area contributed by atoms with E-state index in [1.54, 1.807) is 13.8 Å². The largest absolute Gasteiger partial charge is 0.481 e. The van der Waals surface area contributed by atoms with Crippen molar-refractivity contribution in [3.05, 3.63) is 5.75 Å². The summed E-state index contributed by atoms with van der Waals surface area (Å²) in [6.07, 6.45) is -1.04. The van der Waals surface area contributed by atoms with Crippen LogP contribution >= 0.6 is 7.37 Å². The monoisotopic (exact) mass is 301 g/mol. The third-order valence-corrected chi connectivity index (χ3v) is 5.02. The molecule has 0 spiro atoms. The summed E-state index contributed by atoms with van der Waals surface area (Å²) in [6, 6.07) is 0. The van der Waals surface area contributed by atoms with Crippen molar-refractivity contribution in [2.24, 2.45) is 11.8 Å². The van der Waals surface area contributed by atoms with E-state index < -0.39 is 42.0 Å². The molecule has 2 unspecified atom stereocenters. The molecule has 2 atom stereocenters. The van der Waals surface area contributed by atoms with Crippen LogP contribution in [-0.4, -0.2) is 41.3 Å². The number of hydrogen-bond acceptors (Lipinski definition) is 4. The van der Waals surface area contributed by atoms with Crippen molar-refractivity contribution in [1.29, 1.82) is 0 Å². The first-order chi connectivity index (χ1) is 7.93. The SMILES string of the molecule is CC(C)CP(=O)(O)CC(C[CH]S(=O)(=O)O)C(=O)O. The molecule has 107 valence electrons. The smallest absolute Gasteiger partial charge is 0.307 e. The molecule has 18 heavy (non-hydrogen) atoms. The van der Waals surface area contributed by atoms with E-state index in [9.17, 15) is 22.7 Å². The van der Waals surface area contributed by atoms with E-state index in [1.165, 1.54) is 0 Å². The fourth-order valence-electron chi connectivity index (χ4n) is 1.48. The molecule has 1 radical (unpaired) electrons. The van der Waals surface area contributed by atoms with Crippen molar-refractivity contribution in [3.63, 3.8) is 0 Å². The molecule has 7 nitrogen and oxygen atoms in total. The molecule has 0 amide bonds. The second kappa shape index (κ2) is 6.65. The number of carbonyl (C=O) groups is 1. The van der Waals surface area contributed by atoms with E-state index in [0.29, 0.717) is 5.75 Å². The molecular weight excluding hydrogens is 283 g/mol. The van der Waals surface area contributed by atoms with Gasteiger partial charge in [0.25, 0.3) is 10.1 Å². The molecule has 0 rings (SSSR count). The van der Waals surface area contributed by atoms with Crippen LogP contribution in [0.1, 0.15) is 20.3 Å². The highest BCUT2D eigenvalue weighted by atomic mass is 32.2. The third-order valence-electron chi connectivity index (χ3n) is 2.10. The number of hydrogen-bond donors (Lipinski definition) is 3. The maximum absolute atomic E-state index is 11.7. The molecule has 0 aliphatic rings. The Balaban J connectivity index is 4.64. The quantitative estimate of drug-likeness (QED) is 0.451. The molecule has 9 heteroatoms. The van der Waals surface area contributed by atoms with Crippen molar-refractivity contribution in [2.75, 3.05) is 12.3 Å². The summed E-state index contributed by atoms with van der Waals surface area (Å²) in [6.45, 7) is 3.45. The zero-order valence-corrected chi connectivity index (χ0v) is 11.9. The minimum absolute atomic E-state index is 0.0251. The summed E-state index contributed by atoms with van der Waals surface area (Å²) < 4.78 is 41.2. The molecular formula is C9H18O7PS. The fourth-order valence-corrected chi connectivity index (χ4v) is 4.24. The van der Waals surface area contributed by atoms with E-state index in [0.717, 1.165) is 0 Å². The van der Waals surface area contributed by atoms with Crippen LogP contribution in [0.2, 0.25) is 0 Å². The fraction of sp³-hybridized carbons (Fsp3) is 0.778. The van der Waals surface area contributed by atoms with Gasteiger partial charge in [-0.15, -0.1) is 0 Å². The van der Waals surface area contributed by atoms with Gasteiger partial charge in [0.15, 0.2) is 0 Å². The highest BCUT2D eigenvalue weighted by Gasteiger charge is 2.30. The second-order valence-electron chi connectivity index (χ2n) is 4.56. The van der Waals surface area contributed by atoms with Crippen molar-refractivity contribution in [1.82, 2.24) is 0 Å². The van der Waals surface area contributed by atoms with Crippen molar-refractivity contribution in [3.8, 4) is 0 Å². The van der Waals surface area contributed by atoms with Gasteiger partial charge in [0.05, 0.1) is 5.92 Å². The minimum Gasteiger partial charge on any atom is -0.481 e. The Kier molecular flexibility index (Phi) is 6.50. The first-order valence-electron chi connectivity index (χ1n) is 5.27. The molecule has 0 aromatic carbocycles. The van der Waals surface area contributed by atoms with Gasteiger partial charge in [-0.1, -0.05) is 13.8 Å². The Morgan fingerprint density at radius 2 is 1.83 bits per heavy atom. The Morgan fingerprint density at radius 1 is 1.33 bits per heavy atom. The van der Waals surface area contributed by atoms with Crippen LogP contribution in [0.5, 0.6) is 0 Å². The van der Waals surface area contributed by atoms with Gasteiger partial charge in [0.2, 0.25) is 7.37 Å². The lowest BCUT2D eigenvalue weighted by Crippen LogP contribution is -2.21. The van der Waals surface area contributed by atoms with E-state index >= 15 is 0 Å². The molecule has 0 aromatic heterocycles. The molecule has 0 fully saturated rings. The zero-order chi connectivity index (χ0) is 14.6. The third kappa shape index (κ3) is 8.63. The second-order valence-corrected chi connectivity index (χ2v) is 8.34. The predicted molar refractivity (Wildman–Crippen MR) is 66.0 cm³/mol. The topological polar surface area (TPSA) is 129 Å². The van der Waals surface area contributed by atoms with Gasteiger partial charge >= 0.3 is 5.97 Å². The zero-order valence-electron chi connectivity index (χ0n) is 10.2. The van der Waals surface area contributed by atoms with Crippen LogP contribution in [0.15, 0.2) is 0 Å². The molecule has 0 bridgehead atoms. The van der Waals surface area contributed by atoms with E-state index in [2.05, 4.69) is 0 Å². The number of carboxylic acid groups (broad SMARTS) is 1. The van der Waals surface area contributed by atoms with Gasteiger partial charge in [-0.2, -0.15) is 8.42 Å². The molecule has 0 saturated carbocycles. The average Bonchev–Trinajstić information content (AvgIpc) is 2.07. The van der Waals surface area contributed by atoms with Crippen molar-refractivity contribution in [2.45, 2.75) is 20.3 Å². The van der Waals surface area contributed by atoms with Gasteiger partial charge < -0.3 is 10.00 Å². The summed E-state index contributed by atoms with van der Waals surface area (Å²) in [5.41, 5.74) is 0. The Hall–Kier alpha value is -0.430. The predicted octanol–water partition coefficient (Wildman–Crippen LogP) is 1.05. The summed E-state index contributed by atoms with van der Waals surface area (Å²) in [5.74, 6) is -2.31. The van der Waals surface area contributed by atoms with Crippen LogP contribution in [-0.2, 0) is 19.5 Å². The summed E-state index contributed by atoms with van der Waals surface area (Å²) in [5, 5.41) is 8.84. The van der Waals surface area contributed by atoms with Crippen LogP contribution in [0, 0.1) is 17.6 Å². The first kappa shape index (κ1) is 17.6. The highest BCUT2D eigenvalue weighted by molar-refractivity contribution is 7.87. The van der Waals surface area contributed by atoms with Gasteiger partial charge in [-0.25, -0.2) is 0 Å². The maximum Gasteiger partial charge on any atom is 0.307 e. The normalized spacial score (nSPS) is 17.4. The lowest BCUT2D eigenvalue weighted by molar-refractivity contribution is -0.140. The number of carboxylic acids is 1. The maximum atomic E-state index is 11.7. The summed E-state index contributed by atoms with van der Waals surface area (Å²) in [4.78, 5) is 20.5. The van der Waals surface area contributed by atoms with Crippen molar-refractivity contribution >= 4 is 23.5 Å². The van der Waals surface area contributed by atoms with E-state index in [1.807, 2.05) is 0 Å². The number of aliphatic carboxylic acids is 1. The lowest BCUT2D eigenvalue weighted by Gasteiger charge is -2.18. The summed E-state index contributed by atoms with van der Waals surface area (Å²) in [7, 11) is -8.01.